The molecule has 1 aromatic heterocycles. The highest BCUT2D eigenvalue weighted by Crippen LogP contribution is 2.55. The molecule has 0 unspecified atom stereocenters. The van der Waals surface area contributed by atoms with Gasteiger partial charge >= 0.3 is 6.03 Å². The Morgan fingerprint density at radius 1 is 1.04 bits per heavy atom. The molecule has 4 aliphatic carbocycles. The summed E-state index contributed by atoms with van der Waals surface area (Å²) in [5.74, 6) is 3.93. The first kappa shape index (κ1) is 17.2. The summed E-state index contributed by atoms with van der Waals surface area (Å²) in [6, 6.07) is 1.78. The number of amides is 2. The van der Waals surface area contributed by atoms with Gasteiger partial charge in [0.15, 0.2) is 0 Å². The molecular formula is C20H30N6O. The fraction of sp³-hybridized carbons (Fsp3) is 0.750. The van der Waals surface area contributed by atoms with Crippen molar-refractivity contribution in [3.8, 4) is 0 Å². The van der Waals surface area contributed by atoms with Crippen molar-refractivity contribution in [2.45, 2.75) is 44.1 Å². The Balaban J connectivity index is 1.23. The molecule has 146 valence electrons. The van der Waals surface area contributed by atoms with Gasteiger partial charge in [0.05, 0.1) is 0 Å². The highest BCUT2D eigenvalue weighted by atomic mass is 16.2. The van der Waals surface area contributed by atoms with E-state index in [9.17, 15) is 4.79 Å². The smallest absolute Gasteiger partial charge is 0.320 e. The molecule has 6 rings (SSSR count). The van der Waals surface area contributed by atoms with Crippen LogP contribution in [0.3, 0.4) is 0 Å². The summed E-state index contributed by atoms with van der Waals surface area (Å²) in [7, 11) is 2.14. The third-order valence-electron chi connectivity index (χ3n) is 7.14. The van der Waals surface area contributed by atoms with Crippen LogP contribution in [0.4, 0.5) is 16.4 Å². The van der Waals surface area contributed by atoms with Crippen LogP contribution in [0.1, 0.15) is 38.5 Å². The van der Waals surface area contributed by atoms with Gasteiger partial charge in [-0.2, -0.15) is 0 Å². The SMILES string of the molecule is CN1CCN(c2cc(NC(=O)NC34CC5CC(CC(C5)C3)C4)ncn2)CC1. The van der Waals surface area contributed by atoms with Gasteiger partial charge in [-0.25, -0.2) is 14.8 Å². The molecule has 2 amide bonds. The van der Waals surface area contributed by atoms with Crippen molar-refractivity contribution in [1.29, 1.82) is 0 Å². The average Bonchev–Trinajstić information content (AvgIpc) is 2.60. The summed E-state index contributed by atoms with van der Waals surface area (Å²) in [4.78, 5) is 26.0. The van der Waals surface area contributed by atoms with Gasteiger partial charge in [0, 0.05) is 37.8 Å². The van der Waals surface area contributed by atoms with E-state index in [1.54, 1.807) is 6.33 Å². The number of piperazine rings is 1. The Morgan fingerprint density at radius 2 is 1.67 bits per heavy atom. The van der Waals surface area contributed by atoms with Gasteiger partial charge in [-0.1, -0.05) is 0 Å². The molecule has 1 aromatic rings. The fourth-order valence-corrected chi connectivity index (χ4v) is 6.28. The number of rotatable bonds is 3. The van der Waals surface area contributed by atoms with Crippen molar-refractivity contribution >= 4 is 17.7 Å². The zero-order chi connectivity index (χ0) is 18.4. The third kappa shape index (κ3) is 3.49. The molecule has 1 aliphatic heterocycles. The lowest BCUT2D eigenvalue weighted by molar-refractivity contribution is -0.0127. The van der Waals surface area contributed by atoms with E-state index in [1.165, 1.54) is 19.3 Å². The maximum absolute atomic E-state index is 12.7. The topological polar surface area (TPSA) is 73.4 Å². The van der Waals surface area contributed by atoms with E-state index in [0.29, 0.717) is 5.82 Å². The van der Waals surface area contributed by atoms with E-state index in [1.807, 2.05) is 6.07 Å². The zero-order valence-electron chi connectivity index (χ0n) is 16.2. The van der Waals surface area contributed by atoms with Gasteiger partial charge in [-0.3, -0.25) is 5.32 Å². The predicted octanol–water partition coefficient (Wildman–Crippen LogP) is 2.32. The summed E-state index contributed by atoms with van der Waals surface area (Å²) in [5, 5.41) is 6.31. The second kappa shape index (κ2) is 6.62. The largest absolute Gasteiger partial charge is 0.354 e. The first-order chi connectivity index (χ1) is 13.1. The highest BCUT2D eigenvalue weighted by molar-refractivity contribution is 5.89. The van der Waals surface area contributed by atoms with E-state index in [2.05, 4.69) is 37.4 Å². The second-order valence-corrected chi connectivity index (χ2v) is 9.33. The number of hydrogen-bond donors (Lipinski definition) is 2. The van der Waals surface area contributed by atoms with Crippen molar-refractivity contribution < 1.29 is 4.79 Å². The van der Waals surface area contributed by atoms with Gasteiger partial charge < -0.3 is 15.1 Å². The number of nitrogens with one attached hydrogen (secondary N) is 2. The van der Waals surface area contributed by atoms with E-state index in [4.69, 9.17) is 0 Å². The molecule has 4 bridgehead atoms. The van der Waals surface area contributed by atoms with Gasteiger partial charge in [0.25, 0.3) is 0 Å². The maximum atomic E-state index is 12.7. The highest BCUT2D eigenvalue weighted by Gasteiger charge is 2.51. The Labute approximate surface area is 160 Å². The minimum absolute atomic E-state index is 0.0200. The predicted molar refractivity (Wildman–Crippen MR) is 105 cm³/mol. The molecule has 4 saturated carbocycles. The van der Waals surface area contributed by atoms with Crippen molar-refractivity contribution in [2.75, 3.05) is 43.4 Å². The molecule has 2 N–H and O–H groups in total. The standard InChI is InChI=1S/C20H30N6O/c1-25-2-4-26(5-3-25)18-9-17(21-13-22-18)23-19(27)24-20-10-14-6-15(11-20)8-16(7-14)12-20/h9,13-16H,2-8,10-12H2,1H3,(H2,21,22,23,24,27). The lowest BCUT2D eigenvalue weighted by Crippen LogP contribution is -2.60. The minimum atomic E-state index is -0.111. The van der Waals surface area contributed by atoms with Crippen LogP contribution in [-0.4, -0.2) is 59.7 Å². The van der Waals surface area contributed by atoms with Crippen LogP contribution >= 0.6 is 0 Å². The number of urea groups is 1. The molecule has 1 saturated heterocycles. The molecule has 5 fully saturated rings. The summed E-state index contributed by atoms with van der Waals surface area (Å²) in [6.45, 7) is 3.96. The van der Waals surface area contributed by atoms with Crippen molar-refractivity contribution in [1.82, 2.24) is 20.2 Å². The van der Waals surface area contributed by atoms with Crippen LogP contribution in [-0.2, 0) is 0 Å². The normalized spacial score (nSPS) is 35.3. The van der Waals surface area contributed by atoms with Gasteiger partial charge in [0.2, 0.25) is 0 Å². The van der Waals surface area contributed by atoms with Crippen molar-refractivity contribution in [3.63, 3.8) is 0 Å². The van der Waals surface area contributed by atoms with Crippen molar-refractivity contribution in [3.05, 3.63) is 12.4 Å². The quantitative estimate of drug-likeness (QED) is 0.854. The Hall–Kier alpha value is -1.89. The number of anilines is 2. The Bertz CT molecular complexity index is 679. The van der Waals surface area contributed by atoms with Crippen LogP contribution in [0.25, 0.3) is 0 Å². The fourth-order valence-electron chi connectivity index (χ4n) is 6.28. The van der Waals surface area contributed by atoms with E-state index >= 15 is 0 Å². The molecule has 5 aliphatic rings. The van der Waals surface area contributed by atoms with Crippen LogP contribution in [0.5, 0.6) is 0 Å². The van der Waals surface area contributed by atoms with E-state index in [0.717, 1.165) is 69.0 Å². The lowest BCUT2D eigenvalue weighted by Gasteiger charge is -2.56. The monoisotopic (exact) mass is 370 g/mol. The number of likely N-dealkylation sites (N-methyl/N-ethyl adjacent to an activating group) is 1. The van der Waals surface area contributed by atoms with Crippen LogP contribution < -0.4 is 15.5 Å². The second-order valence-electron chi connectivity index (χ2n) is 9.33. The molecular weight excluding hydrogens is 340 g/mol. The Kier molecular flexibility index (Phi) is 4.22. The van der Waals surface area contributed by atoms with Gasteiger partial charge in [0.1, 0.15) is 18.0 Å². The van der Waals surface area contributed by atoms with Crippen LogP contribution in [0.15, 0.2) is 12.4 Å². The number of aromatic nitrogens is 2. The third-order valence-corrected chi connectivity index (χ3v) is 7.14. The van der Waals surface area contributed by atoms with E-state index < -0.39 is 0 Å². The molecule has 2 heterocycles. The number of carbonyl (C=O) groups is 1. The molecule has 0 aromatic carbocycles. The van der Waals surface area contributed by atoms with Crippen LogP contribution in [0.2, 0.25) is 0 Å². The lowest BCUT2D eigenvalue weighted by atomic mass is 9.53. The summed E-state index contributed by atoms with van der Waals surface area (Å²) >= 11 is 0. The van der Waals surface area contributed by atoms with Crippen molar-refractivity contribution in [2.24, 2.45) is 17.8 Å². The van der Waals surface area contributed by atoms with Gasteiger partial charge in [-0.15, -0.1) is 0 Å². The van der Waals surface area contributed by atoms with E-state index in [-0.39, 0.29) is 11.6 Å². The molecule has 7 nitrogen and oxygen atoms in total. The number of nitrogens with zero attached hydrogens (tertiary/aromatic N) is 4. The Morgan fingerprint density at radius 3 is 2.30 bits per heavy atom. The minimum Gasteiger partial charge on any atom is -0.354 e. The first-order valence-electron chi connectivity index (χ1n) is 10.4. The summed E-state index contributed by atoms with van der Waals surface area (Å²) < 4.78 is 0. The first-order valence-corrected chi connectivity index (χ1v) is 10.4. The maximum Gasteiger partial charge on any atom is 0.320 e. The average molecular weight is 371 g/mol. The van der Waals surface area contributed by atoms with Gasteiger partial charge in [-0.05, 0) is 63.3 Å². The molecule has 0 spiro atoms. The molecule has 7 heteroatoms. The molecule has 0 radical (unpaired) electrons. The van der Waals surface area contributed by atoms with Crippen LogP contribution in [0, 0.1) is 17.8 Å². The molecule has 27 heavy (non-hydrogen) atoms. The number of carbonyl (C=O) groups excluding carboxylic acids is 1. The number of hydrogen-bond acceptors (Lipinski definition) is 5. The summed E-state index contributed by atoms with van der Waals surface area (Å²) in [6.07, 6.45) is 9.15. The molecule has 0 atom stereocenters. The zero-order valence-corrected chi connectivity index (χ0v) is 16.2. The summed E-state index contributed by atoms with van der Waals surface area (Å²) in [5.41, 5.74) is 0.0200.